The molecule has 0 atom stereocenters. The minimum atomic E-state index is 0.214. The van der Waals surface area contributed by atoms with Gasteiger partial charge < -0.3 is 10.4 Å². The third-order valence-corrected chi connectivity index (χ3v) is 4.25. The van der Waals surface area contributed by atoms with E-state index in [1.54, 1.807) is 6.20 Å². The number of nitrogens with zero attached hydrogens (tertiary/aromatic N) is 1. The van der Waals surface area contributed by atoms with E-state index in [1.165, 1.54) is 0 Å². The largest absolute Gasteiger partial charge is 0.506 e. The quantitative estimate of drug-likeness (QED) is 0.614. The number of aromatic hydroxyl groups is 1. The zero-order valence-corrected chi connectivity index (χ0v) is 13.5. The Morgan fingerprint density at radius 3 is 2.70 bits per heavy atom. The number of aromatic amines is 1. The van der Waals surface area contributed by atoms with Crippen molar-refractivity contribution in [1.82, 2.24) is 10.2 Å². The van der Waals surface area contributed by atoms with Gasteiger partial charge in [0.05, 0.1) is 20.7 Å². The molecule has 3 rings (SSSR count). The second-order valence-electron chi connectivity index (χ2n) is 4.40. The van der Waals surface area contributed by atoms with Gasteiger partial charge in [0.1, 0.15) is 5.75 Å². The molecule has 4 nitrogen and oxygen atoms in total. The first-order valence-corrected chi connectivity index (χ1v) is 7.56. The number of hydrogen-bond donors (Lipinski definition) is 3. The summed E-state index contributed by atoms with van der Waals surface area (Å²) < 4.78 is 1.34. The van der Waals surface area contributed by atoms with Crippen LogP contribution in [0.4, 0.5) is 5.69 Å². The van der Waals surface area contributed by atoms with Crippen LogP contribution in [0.5, 0.6) is 5.75 Å². The predicted molar refractivity (Wildman–Crippen MR) is 86.9 cm³/mol. The highest BCUT2D eigenvalue weighted by atomic mass is 79.9. The molecular formula is C14H11Br2N3O. The van der Waals surface area contributed by atoms with Crippen molar-refractivity contribution < 1.29 is 5.11 Å². The van der Waals surface area contributed by atoms with Crippen LogP contribution < -0.4 is 5.32 Å². The maximum absolute atomic E-state index is 9.70. The summed E-state index contributed by atoms with van der Waals surface area (Å²) in [5.41, 5.74) is 3.08. The fourth-order valence-corrected chi connectivity index (χ4v) is 3.32. The van der Waals surface area contributed by atoms with Crippen LogP contribution in [0.15, 0.2) is 45.5 Å². The van der Waals surface area contributed by atoms with Gasteiger partial charge in [0, 0.05) is 17.6 Å². The molecule has 6 heteroatoms. The van der Waals surface area contributed by atoms with Crippen molar-refractivity contribution in [3.05, 3.63) is 51.0 Å². The fraction of sp³-hybridized carbons (Fsp3) is 0.0714. The Hall–Kier alpha value is -1.53. The van der Waals surface area contributed by atoms with Crippen LogP contribution in [0.3, 0.4) is 0 Å². The lowest BCUT2D eigenvalue weighted by atomic mass is 10.2. The normalized spacial score (nSPS) is 10.9. The molecule has 0 saturated heterocycles. The standard InChI is InChI=1S/C14H11Br2N3O/c15-10-4-8(5-11(16)14(10)20)6-17-12-2-1-3-13-9(12)7-18-19-13/h1-5,7,17,20H,6H2,(H,18,19). The minimum absolute atomic E-state index is 0.214. The number of phenols is 1. The molecule has 20 heavy (non-hydrogen) atoms. The number of H-pyrrole nitrogens is 1. The summed E-state index contributed by atoms with van der Waals surface area (Å²) in [6, 6.07) is 9.76. The highest BCUT2D eigenvalue weighted by Gasteiger charge is 2.07. The topological polar surface area (TPSA) is 60.9 Å². The smallest absolute Gasteiger partial charge is 0.143 e. The van der Waals surface area contributed by atoms with Crippen LogP contribution in [-0.2, 0) is 6.54 Å². The monoisotopic (exact) mass is 395 g/mol. The predicted octanol–water partition coefficient (Wildman–Crippen LogP) is 4.41. The van der Waals surface area contributed by atoms with Gasteiger partial charge in [-0.05, 0) is 61.7 Å². The molecule has 3 aromatic rings. The van der Waals surface area contributed by atoms with Crippen LogP contribution in [-0.4, -0.2) is 15.3 Å². The molecule has 0 saturated carbocycles. The number of rotatable bonds is 3. The van der Waals surface area contributed by atoms with Gasteiger partial charge >= 0.3 is 0 Å². The summed E-state index contributed by atoms with van der Waals surface area (Å²) in [4.78, 5) is 0. The SMILES string of the molecule is Oc1c(Br)cc(CNc2cccc3[nH]ncc23)cc1Br. The van der Waals surface area contributed by atoms with Crippen LogP contribution in [0.1, 0.15) is 5.56 Å². The molecule has 0 aliphatic rings. The summed E-state index contributed by atoms with van der Waals surface area (Å²) in [5, 5.41) is 21.1. The number of hydrogen-bond acceptors (Lipinski definition) is 3. The Labute approximate surface area is 132 Å². The number of fused-ring (bicyclic) bond motifs is 1. The van der Waals surface area contributed by atoms with E-state index in [4.69, 9.17) is 0 Å². The molecule has 0 aliphatic heterocycles. The first kappa shape index (κ1) is 13.5. The molecule has 0 fully saturated rings. The number of aromatic nitrogens is 2. The second kappa shape index (κ2) is 5.46. The zero-order valence-electron chi connectivity index (χ0n) is 10.3. The summed E-state index contributed by atoms with van der Waals surface area (Å²) in [7, 11) is 0. The van der Waals surface area contributed by atoms with Gasteiger partial charge in [0.15, 0.2) is 0 Å². The number of nitrogens with one attached hydrogen (secondary N) is 2. The second-order valence-corrected chi connectivity index (χ2v) is 6.11. The molecule has 0 amide bonds. The van der Waals surface area contributed by atoms with E-state index in [0.717, 1.165) is 22.2 Å². The van der Waals surface area contributed by atoms with Crippen molar-refractivity contribution in [3.8, 4) is 5.75 Å². The Kier molecular flexibility index (Phi) is 3.67. The Morgan fingerprint density at radius 2 is 1.95 bits per heavy atom. The van der Waals surface area contributed by atoms with E-state index in [0.29, 0.717) is 15.5 Å². The van der Waals surface area contributed by atoms with Gasteiger partial charge in [-0.25, -0.2) is 0 Å². The lowest BCUT2D eigenvalue weighted by Crippen LogP contribution is -1.99. The van der Waals surface area contributed by atoms with Crippen LogP contribution >= 0.6 is 31.9 Å². The molecule has 2 aromatic carbocycles. The van der Waals surface area contributed by atoms with Gasteiger partial charge in [-0.2, -0.15) is 5.10 Å². The molecule has 1 heterocycles. The van der Waals surface area contributed by atoms with Gasteiger partial charge in [0.2, 0.25) is 0 Å². The van der Waals surface area contributed by atoms with Crippen molar-refractivity contribution in [2.75, 3.05) is 5.32 Å². The molecule has 102 valence electrons. The lowest BCUT2D eigenvalue weighted by Gasteiger charge is -2.09. The van der Waals surface area contributed by atoms with E-state index in [-0.39, 0.29) is 5.75 Å². The van der Waals surface area contributed by atoms with E-state index >= 15 is 0 Å². The first-order valence-electron chi connectivity index (χ1n) is 5.98. The van der Waals surface area contributed by atoms with E-state index in [2.05, 4.69) is 47.4 Å². The summed E-state index contributed by atoms with van der Waals surface area (Å²) >= 11 is 6.67. The number of phenolic OH excluding ortho intramolecular Hbond substituents is 1. The number of anilines is 1. The summed E-state index contributed by atoms with van der Waals surface area (Å²) in [6.45, 7) is 0.655. The molecule has 1 aromatic heterocycles. The Morgan fingerprint density at radius 1 is 1.20 bits per heavy atom. The number of benzene rings is 2. The van der Waals surface area contributed by atoms with E-state index < -0.39 is 0 Å². The highest BCUT2D eigenvalue weighted by molar-refractivity contribution is 9.11. The van der Waals surface area contributed by atoms with Crippen molar-refractivity contribution in [3.63, 3.8) is 0 Å². The minimum Gasteiger partial charge on any atom is -0.506 e. The van der Waals surface area contributed by atoms with Crippen molar-refractivity contribution in [1.29, 1.82) is 0 Å². The van der Waals surface area contributed by atoms with Gasteiger partial charge in [-0.15, -0.1) is 0 Å². The van der Waals surface area contributed by atoms with Gasteiger partial charge in [-0.1, -0.05) is 6.07 Å². The van der Waals surface area contributed by atoms with E-state index in [9.17, 15) is 5.11 Å². The van der Waals surface area contributed by atoms with Crippen LogP contribution in [0.25, 0.3) is 10.9 Å². The average Bonchev–Trinajstić information content (AvgIpc) is 2.91. The van der Waals surface area contributed by atoms with Crippen molar-refractivity contribution in [2.45, 2.75) is 6.54 Å². The summed E-state index contributed by atoms with van der Waals surface area (Å²) in [5.74, 6) is 0.214. The van der Waals surface area contributed by atoms with Crippen LogP contribution in [0, 0.1) is 0 Å². The third-order valence-electron chi connectivity index (χ3n) is 3.04. The van der Waals surface area contributed by atoms with Crippen molar-refractivity contribution >= 4 is 48.5 Å². The van der Waals surface area contributed by atoms with Crippen LogP contribution in [0.2, 0.25) is 0 Å². The lowest BCUT2D eigenvalue weighted by molar-refractivity contribution is 0.468. The van der Waals surface area contributed by atoms with Gasteiger partial charge in [0.25, 0.3) is 0 Å². The third kappa shape index (κ3) is 2.53. The molecule has 3 N–H and O–H groups in total. The number of halogens is 2. The molecular weight excluding hydrogens is 386 g/mol. The Balaban J connectivity index is 1.85. The molecule has 0 bridgehead atoms. The Bertz CT molecular complexity index is 747. The zero-order chi connectivity index (χ0) is 14.1. The maximum Gasteiger partial charge on any atom is 0.143 e. The van der Waals surface area contributed by atoms with Gasteiger partial charge in [-0.3, -0.25) is 5.10 Å². The fourth-order valence-electron chi connectivity index (χ4n) is 2.04. The molecule has 0 spiro atoms. The average molecular weight is 397 g/mol. The first-order chi connectivity index (χ1) is 9.65. The molecule has 0 unspecified atom stereocenters. The summed E-state index contributed by atoms with van der Waals surface area (Å²) in [6.07, 6.45) is 1.81. The highest BCUT2D eigenvalue weighted by Crippen LogP contribution is 2.33. The van der Waals surface area contributed by atoms with E-state index in [1.807, 2.05) is 30.3 Å². The maximum atomic E-state index is 9.70. The van der Waals surface area contributed by atoms with Crippen molar-refractivity contribution in [2.24, 2.45) is 0 Å². The molecule has 0 aliphatic carbocycles. The molecule has 0 radical (unpaired) electrons.